The molecule has 3 N–H and O–H groups in total. The number of hydrogen-bond acceptors (Lipinski definition) is 3. The lowest BCUT2D eigenvalue weighted by Gasteiger charge is -2.13. The van der Waals surface area contributed by atoms with E-state index in [1.165, 1.54) is 6.08 Å². The summed E-state index contributed by atoms with van der Waals surface area (Å²) in [7, 11) is 0. The number of alkyl halides is 1. The minimum atomic E-state index is -0.663. The molecule has 80 valence electrons. The molecular weight excluding hydrogens is 299 g/mol. The van der Waals surface area contributed by atoms with Gasteiger partial charge in [-0.2, -0.15) is 0 Å². The number of halogens is 1. The fraction of sp³-hybridized carbons (Fsp3) is 0.500. The van der Waals surface area contributed by atoms with Crippen molar-refractivity contribution in [1.82, 2.24) is 5.32 Å². The van der Waals surface area contributed by atoms with Gasteiger partial charge in [-0.1, -0.05) is 35.2 Å². The van der Waals surface area contributed by atoms with Gasteiger partial charge < -0.3 is 15.8 Å². The zero-order valence-corrected chi connectivity index (χ0v) is 9.82. The van der Waals surface area contributed by atoms with Crippen LogP contribution >= 0.6 is 22.6 Å². The van der Waals surface area contributed by atoms with E-state index in [4.69, 9.17) is 5.73 Å². The van der Waals surface area contributed by atoms with Crippen LogP contribution in [-0.4, -0.2) is 29.1 Å². The molecule has 0 heterocycles. The smallest absolute Gasteiger partial charge is 0.408 e. The summed E-state index contributed by atoms with van der Waals surface area (Å²) in [4.78, 5) is 21.8. The van der Waals surface area contributed by atoms with E-state index in [2.05, 4.69) is 39.2 Å². The average Bonchev–Trinajstić information content (AvgIpc) is 2.14. The van der Waals surface area contributed by atoms with Crippen LogP contribution in [0.25, 0.3) is 0 Å². The van der Waals surface area contributed by atoms with E-state index in [9.17, 15) is 9.59 Å². The first kappa shape index (κ1) is 13.2. The Hall–Kier alpha value is -0.790. The second-order valence-electron chi connectivity index (χ2n) is 2.46. The average molecular weight is 312 g/mol. The molecule has 0 aromatic rings. The standard InChI is InChI=1S/C8H13IN2O3/c1-2-5-14-8(13)11-6(3-4-9)7(10)12/h2,6H,1,3-5H2,(H2,10,12)(H,11,13). The molecule has 6 heteroatoms. The van der Waals surface area contributed by atoms with Crippen molar-refractivity contribution in [2.75, 3.05) is 11.0 Å². The van der Waals surface area contributed by atoms with Crippen molar-refractivity contribution >= 4 is 34.6 Å². The monoisotopic (exact) mass is 312 g/mol. The normalized spacial score (nSPS) is 11.5. The van der Waals surface area contributed by atoms with Crippen molar-refractivity contribution in [2.24, 2.45) is 5.73 Å². The van der Waals surface area contributed by atoms with Crippen LogP contribution in [0.15, 0.2) is 12.7 Å². The van der Waals surface area contributed by atoms with E-state index in [0.29, 0.717) is 6.42 Å². The van der Waals surface area contributed by atoms with E-state index in [0.717, 1.165) is 4.43 Å². The Kier molecular flexibility index (Phi) is 7.17. The van der Waals surface area contributed by atoms with Gasteiger partial charge in [0, 0.05) is 4.43 Å². The Balaban J connectivity index is 3.95. The third kappa shape index (κ3) is 5.79. The first-order valence-electron chi connectivity index (χ1n) is 4.01. The van der Waals surface area contributed by atoms with Gasteiger partial charge in [-0.25, -0.2) is 4.79 Å². The molecule has 2 amide bonds. The van der Waals surface area contributed by atoms with Gasteiger partial charge in [0.05, 0.1) is 0 Å². The second-order valence-corrected chi connectivity index (χ2v) is 3.54. The van der Waals surface area contributed by atoms with Gasteiger partial charge >= 0.3 is 6.09 Å². The van der Waals surface area contributed by atoms with Crippen molar-refractivity contribution < 1.29 is 14.3 Å². The summed E-state index contributed by atoms with van der Waals surface area (Å²) in [5.41, 5.74) is 5.07. The second kappa shape index (κ2) is 7.60. The predicted molar refractivity (Wildman–Crippen MR) is 61.2 cm³/mol. The number of primary amides is 1. The predicted octanol–water partition coefficient (Wildman–Crippen LogP) is 0.578. The molecule has 0 saturated heterocycles. The van der Waals surface area contributed by atoms with Crippen LogP contribution in [0.2, 0.25) is 0 Å². The summed E-state index contributed by atoms with van der Waals surface area (Å²) in [5.74, 6) is -0.558. The lowest BCUT2D eigenvalue weighted by Crippen LogP contribution is -2.44. The first-order chi connectivity index (χ1) is 6.61. The van der Waals surface area contributed by atoms with Gasteiger partial charge in [-0.05, 0) is 6.42 Å². The largest absolute Gasteiger partial charge is 0.445 e. The summed E-state index contributed by atoms with van der Waals surface area (Å²) in [6, 6.07) is -0.663. The molecule has 1 atom stereocenters. The summed E-state index contributed by atoms with van der Waals surface area (Å²) in [6.07, 6.45) is 1.29. The van der Waals surface area contributed by atoms with Crippen LogP contribution in [-0.2, 0) is 9.53 Å². The highest BCUT2D eigenvalue weighted by molar-refractivity contribution is 14.1. The molecule has 0 aliphatic carbocycles. The van der Waals surface area contributed by atoms with Crippen LogP contribution in [0.5, 0.6) is 0 Å². The summed E-state index contributed by atoms with van der Waals surface area (Å²) >= 11 is 2.10. The Morgan fingerprint density at radius 2 is 2.29 bits per heavy atom. The molecule has 0 aliphatic heterocycles. The van der Waals surface area contributed by atoms with E-state index in [-0.39, 0.29) is 6.61 Å². The van der Waals surface area contributed by atoms with Gasteiger partial charge in [-0.3, -0.25) is 4.79 Å². The molecule has 0 fully saturated rings. The van der Waals surface area contributed by atoms with Crippen LogP contribution < -0.4 is 11.1 Å². The van der Waals surface area contributed by atoms with E-state index in [1.54, 1.807) is 0 Å². The van der Waals surface area contributed by atoms with Crippen molar-refractivity contribution in [3.63, 3.8) is 0 Å². The summed E-state index contributed by atoms with van der Waals surface area (Å²) in [6.45, 7) is 3.50. The number of alkyl carbamates (subject to hydrolysis) is 1. The number of nitrogens with one attached hydrogen (secondary N) is 1. The van der Waals surface area contributed by atoms with Crippen LogP contribution in [0.4, 0.5) is 4.79 Å². The van der Waals surface area contributed by atoms with E-state index in [1.807, 2.05) is 0 Å². The Morgan fingerprint density at radius 3 is 2.71 bits per heavy atom. The maximum absolute atomic E-state index is 11.0. The Morgan fingerprint density at radius 1 is 1.64 bits per heavy atom. The number of carbonyl (C=O) groups is 2. The molecule has 0 bridgehead atoms. The molecule has 0 aliphatic rings. The van der Waals surface area contributed by atoms with Gasteiger partial charge in [0.2, 0.25) is 5.91 Å². The van der Waals surface area contributed by atoms with E-state index < -0.39 is 18.0 Å². The van der Waals surface area contributed by atoms with Gasteiger partial charge in [0.25, 0.3) is 0 Å². The van der Waals surface area contributed by atoms with Gasteiger partial charge in [0.15, 0.2) is 0 Å². The third-order valence-corrected chi connectivity index (χ3v) is 1.99. The topological polar surface area (TPSA) is 81.4 Å². The molecule has 0 radical (unpaired) electrons. The molecule has 14 heavy (non-hydrogen) atoms. The number of rotatable bonds is 6. The van der Waals surface area contributed by atoms with Crippen LogP contribution in [0, 0.1) is 0 Å². The molecule has 0 aromatic heterocycles. The maximum atomic E-state index is 11.0. The van der Waals surface area contributed by atoms with Crippen molar-refractivity contribution in [1.29, 1.82) is 0 Å². The number of hydrogen-bond donors (Lipinski definition) is 2. The zero-order chi connectivity index (χ0) is 11.0. The third-order valence-electron chi connectivity index (χ3n) is 1.37. The minimum Gasteiger partial charge on any atom is -0.445 e. The molecular formula is C8H13IN2O3. The lowest BCUT2D eigenvalue weighted by atomic mass is 10.2. The van der Waals surface area contributed by atoms with Gasteiger partial charge in [0.1, 0.15) is 12.6 Å². The molecule has 0 rings (SSSR count). The molecule has 1 unspecified atom stereocenters. The Bertz CT molecular complexity index is 221. The minimum absolute atomic E-state index is 0.113. The summed E-state index contributed by atoms with van der Waals surface area (Å²) < 4.78 is 5.37. The maximum Gasteiger partial charge on any atom is 0.408 e. The number of amides is 2. The van der Waals surface area contributed by atoms with Crippen molar-refractivity contribution in [3.8, 4) is 0 Å². The molecule has 0 spiro atoms. The van der Waals surface area contributed by atoms with E-state index >= 15 is 0 Å². The molecule has 0 aromatic carbocycles. The van der Waals surface area contributed by atoms with Crippen molar-refractivity contribution in [2.45, 2.75) is 12.5 Å². The van der Waals surface area contributed by atoms with Crippen LogP contribution in [0.3, 0.4) is 0 Å². The quantitative estimate of drug-likeness (QED) is 0.428. The van der Waals surface area contributed by atoms with Gasteiger partial charge in [-0.15, -0.1) is 0 Å². The fourth-order valence-electron chi connectivity index (χ4n) is 0.713. The highest BCUT2D eigenvalue weighted by atomic mass is 127. The highest BCUT2D eigenvalue weighted by Crippen LogP contribution is 1.96. The summed E-state index contributed by atoms with van der Waals surface area (Å²) in [5, 5.41) is 2.36. The van der Waals surface area contributed by atoms with Crippen molar-refractivity contribution in [3.05, 3.63) is 12.7 Å². The zero-order valence-electron chi connectivity index (χ0n) is 7.66. The first-order valence-corrected chi connectivity index (χ1v) is 5.53. The fourth-order valence-corrected chi connectivity index (χ4v) is 1.34. The van der Waals surface area contributed by atoms with Crippen LogP contribution in [0.1, 0.15) is 6.42 Å². The Labute approximate surface area is 96.2 Å². The number of ether oxygens (including phenoxy) is 1. The molecule has 5 nitrogen and oxygen atoms in total. The SMILES string of the molecule is C=CCOC(=O)NC(CCI)C(N)=O. The highest BCUT2D eigenvalue weighted by Gasteiger charge is 2.17. The molecule has 0 saturated carbocycles. The number of carbonyl (C=O) groups excluding carboxylic acids is 2. The number of nitrogens with two attached hydrogens (primary N) is 1. The lowest BCUT2D eigenvalue weighted by molar-refractivity contribution is -0.119.